The molecule has 1 fully saturated rings. The van der Waals surface area contributed by atoms with Gasteiger partial charge in [0, 0.05) is 13.0 Å². The lowest BCUT2D eigenvalue weighted by Gasteiger charge is -2.17. The second kappa shape index (κ2) is 8.97. The molecular weight excluding hydrogens is 445 g/mol. The van der Waals surface area contributed by atoms with Crippen LogP contribution in [0, 0.1) is 0 Å². The van der Waals surface area contributed by atoms with E-state index in [-0.39, 0.29) is 23.5 Å². The molecule has 0 unspecified atom stereocenters. The van der Waals surface area contributed by atoms with Gasteiger partial charge in [-0.2, -0.15) is 4.98 Å². The summed E-state index contributed by atoms with van der Waals surface area (Å²) in [6, 6.07) is -1.26. The highest BCUT2D eigenvalue weighted by atomic mass is 31.2. The number of carbonyl (C=O) groups is 1. The number of nitrogens with one attached hydrogen (secondary N) is 2. The maximum Gasteiger partial charge on any atom is 0.469 e. The molecule has 3 heterocycles. The standard InChI is InChI=1S/C14H20N5O11P/c20-2-1-5(13(24)25)16-14-17-10-7(11(23)18-14)15-4-19(10)12-9(22)8(21)6(30-12)3-29-31(26,27)28/h4-6,8-9,12,20-22H,1-3H2,(H,24,25)(H2,26,27,28)(H2,16,17,18,23)/t5-,6-,8-,9-,12-/m1/s1. The molecule has 8 N–H and O–H groups in total. The van der Waals surface area contributed by atoms with E-state index >= 15 is 0 Å². The van der Waals surface area contributed by atoms with Gasteiger partial charge in [0.2, 0.25) is 5.95 Å². The van der Waals surface area contributed by atoms with Gasteiger partial charge in [-0.3, -0.25) is 18.9 Å². The molecule has 0 aliphatic carbocycles. The summed E-state index contributed by atoms with van der Waals surface area (Å²) in [5.74, 6) is -1.55. The molecule has 17 heteroatoms. The van der Waals surface area contributed by atoms with Crippen molar-refractivity contribution < 1.29 is 48.8 Å². The van der Waals surface area contributed by atoms with Crippen molar-refractivity contribution in [1.82, 2.24) is 19.5 Å². The maximum atomic E-state index is 12.3. The number of H-pyrrole nitrogens is 1. The van der Waals surface area contributed by atoms with E-state index in [1.54, 1.807) is 0 Å². The Morgan fingerprint density at radius 2 is 2.10 bits per heavy atom. The molecule has 0 bridgehead atoms. The number of aromatic amines is 1. The highest BCUT2D eigenvalue weighted by molar-refractivity contribution is 7.46. The number of carboxylic acid groups (broad SMARTS) is 1. The number of hydrogen-bond donors (Lipinski definition) is 8. The number of imidazole rings is 1. The first-order valence-corrected chi connectivity index (χ1v) is 10.3. The third-order valence-electron chi connectivity index (χ3n) is 4.48. The van der Waals surface area contributed by atoms with E-state index in [2.05, 4.69) is 24.8 Å². The molecule has 5 atom stereocenters. The Bertz CT molecular complexity index is 1050. The van der Waals surface area contributed by atoms with Gasteiger partial charge in [0.15, 0.2) is 17.4 Å². The molecule has 1 aliphatic heterocycles. The van der Waals surface area contributed by atoms with Crippen LogP contribution in [-0.2, 0) is 18.6 Å². The minimum Gasteiger partial charge on any atom is -0.480 e. The lowest BCUT2D eigenvalue weighted by Crippen LogP contribution is -2.33. The summed E-state index contributed by atoms with van der Waals surface area (Å²) in [5.41, 5.74) is -1.05. The number of aliphatic hydroxyl groups is 3. The van der Waals surface area contributed by atoms with Gasteiger partial charge in [-0.05, 0) is 0 Å². The average Bonchev–Trinajstić information content (AvgIpc) is 3.21. The predicted molar refractivity (Wildman–Crippen MR) is 98.8 cm³/mol. The van der Waals surface area contributed by atoms with Crippen molar-refractivity contribution in [1.29, 1.82) is 0 Å². The van der Waals surface area contributed by atoms with Crippen LogP contribution < -0.4 is 10.9 Å². The fourth-order valence-electron chi connectivity index (χ4n) is 3.00. The van der Waals surface area contributed by atoms with Crippen LogP contribution in [0.25, 0.3) is 11.2 Å². The van der Waals surface area contributed by atoms with E-state index in [1.165, 1.54) is 0 Å². The number of aromatic nitrogens is 4. The number of fused-ring (bicyclic) bond motifs is 1. The number of anilines is 1. The normalized spacial score (nSPS) is 25.1. The summed E-state index contributed by atoms with van der Waals surface area (Å²) in [6.07, 6.45) is -4.93. The van der Waals surface area contributed by atoms with Crippen molar-refractivity contribution in [3.63, 3.8) is 0 Å². The van der Waals surface area contributed by atoms with Gasteiger partial charge < -0.3 is 40.3 Å². The average molecular weight is 465 g/mol. The molecule has 16 nitrogen and oxygen atoms in total. The molecule has 0 aromatic carbocycles. The number of rotatable bonds is 9. The van der Waals surface area contributed by atoms with Crippen molar-refractivity contribution in [3.8, 4) is 0 Å². The summed E-state index contributed by atoms with van der Waals surface area (Å²) in [7, 11) is -4.85. The van der Waals surface area contributed by atoms with E-state index in [0.29, 0.717) is 0 Å². The molecule has 1 aliphatic rings. The van der Waals surface area contributed by atoms with Crippen molar-refractivity contribution in [2.24, 2.45) is 0 Å². The first-order valence-electron chi connectivity index (χ1n) is 8.80. The first-order chi connectivity index (χ1) is 14.5. The van der Waals surface area contributed by atoms with Crippen molar-refractivity contribution >= 4 is 30.9 Å². The zero-order valence-electron chi connectivity index (χ0n) is 15.6. The number of phosphoric ester groups is 1. The van der Waals surface area contributed by atoms with Gasteiger partial charge in [0.25, 0.3) is 5.56 Å². The van der Waals surface area contributed by atoms with Crippen LogP contribution in [-0.4, -0.2) is 93.3 Å². The van der Waals surface area contributed by atoms with Crippen LogP contribution in [0.5, 0.6) is 0 Å². The fraction of sp³-hybridized carbons (Fsp3) is 0.571. The molecule has 0 radical (unpaired) electrons. The third kappa shape index (κ3) is 5.08. The quantitative estimate of drug-likeness (QED) is 0.173. The summed E-state index contributed by atoms with van der Waals surface area (Å²) in [6.45, 7) is -1.17. The van der Waals surface area contributed by atoms with E-state index in [0.717, 1.165) is 10.9 Å². The van der Waals surface area contributed by atoms with E-state index < -0.39 is 63.1 Å². The summed E-state index contributed by atoms with van der Waals surface area (Å²) in [4.78, 5) is 51.4. The fourth-order valence-corrected chi connectivity index (χ4v) is 3.34. The second-order valence-electron chi connectivity index (χ2n) is 6.62. The van der Waals surface area contributed by atoms with E-state index in [9.17, 15) is 29.5 Å². The van der Waals surface area contributed by atoms with Gasteiger partial charge in [0.05, 0.1) is 12.9 Å². The first kappa shape index (κ1) is 23.2. The Labute approximate surface area is 172 Å². The topological polar surface area (TPSA) is 250 Å². The number of ether oxygens (including phenoxy) is 1. The van der Waals surface area contributed by atoms with Crippen molar-refractivity contribution in [2.75, 3.05) is 18.5 Å². The van der Waals surface area contributed by atoms with Crippen molar-refractivity contribution in [2.45, 2.75) is 37.0 Å². The Kier molecular flexibility index (Phi) is 6.73. The molecule has 3 rings (SSSR count). The van der Waals surface area contributed by atoms with Crippen LogP contribution >= 0.6 is 7.82 Å². The molecule has 0 amide bonds. The minimum absolute atomic E-state index is 0.132. The molecule has 2 aromatic heterocycles. The molecule has 0 saturated carbocycles. The smallest absolute Gasteiger partial charge is 0.469 e. The van der Waals surface area contributed by atoms with Crippen LogP contribution in [0.1, 0.15) is 12.6 Å². The number of aliphatic hydroxyl groups excluding tert-OH is 3. The zero-order valence-corrected chi connectivity index (χ0v) is 16.5. The molecule has 1 saturated heterocycles. The molecule has 0 spiro atoms. The number of hydrogen-bond acceptors (Lipinski definition) is 11. The van der Waals surface area contributed by atoms with Gasteiger partial charge >= 0.3 is 13.8 Å². The van der Waals surface area contributed by atoms with Gasteiger partial charge in [0.1, 0.15) is 24.4 Å². The van der Waals surface area contributed by atoms with Crippen LogP contribution in [0.15, 0.2) is 11.1 Å². The van der Waals surface area contributed by atoms with Gasteiger partial charge in [-0.1, -0.05) is 0 Å². The minimum atomic E-state index is -4.85. The number of carboxylic acids is 1. The SMILES string of the molecule is O=C(O)[C@@H](CCO)Nc1nc2c(ncn2[C@@H]2O[C@H](COP(=O)(O)O)[C@@H](O)[C@H]2O)c(=O)[nH]1. The number of aliphatic carboxylic acids is 1. The predicted octanol–water partition coefficient (Wildman–Crippen LogP) is -2.90. The lowest BCUT2D eigenvalue weighted by molar-refractivity contribution is -0.138. The molecule has 2 aromatic rings. The zero-order chi connectivity index (χ0) is 22.9. The Hall–Kier alpha value is -2.43. The Balaban J connectivity index is 1.90. The summed E-state index contributed by atoms with van der Waals surface area (Å²) in [5, 5.41) is 41.0. The monoisotopic (exact) mass is 465 g/mol. The summed E-state index contributed by atoms with van der Waals surface area (Å²) >= 11 is 0. The number of nitrogens with zero attached hydrogens (tertiary/aromatic N) is 3. The molecule has 31 heavy (non-hydrogen) atoms. The second-order valence-corrected chi connectivity index (χ2v) is 7.86. The largest absolute Gasteiger partial charge is 0.480 e. The highest BCUT2D eigenvalue weighted by Gasteiger charge is 2.45. The number of phosphoric acid groups is 1. The Morgan fingerprint density at radius 1 is 1.39 bits per heavy atom. The van der Waals surface area contributed by atoms with Gasteiger partial charge in [-0.25, -0.2) is 14.3 Å². The van der Waals surface area contributed by atoms with E-state index in [4.69, 9.17) is 19.6 Å². The van der Waals surface area contributed by atoms with Crippen LogP contribution in [0.3, 0.4) is 0 Å². The summed E-state index contributed by atoms with van der Waals surface area (Å²) < 4.78 is 21.7. The van der Waals surface area contributed by atoms with E-state index in [1.807, 2.05) is 0 Å². The molecular formula is C14H20N5O11P. The molecule has 172 valence electrons. The van der Waals surface area contributed by atoms with Gasteiger partial charge in [-0.15, -0.1) is 0 Å². The van der Waals surface area contributed by atoms with Crippen molar-refractivity contribution in [3.05, 3.63) is 16.7 Å². The maximum absolute atomic E-state index is 12.3. The highest BCUT2D eigenvalue weighted by Crippen LogP contribution is 2.38. The van der Waals surface area contributed by atoms with Crippen LogP contribution in [0.2, 0.25) is 0 Å². The lowest BCUT2D eigenvalue weighted by atomic mass is 10.1. The van der Waals surface area contributed by atoms with Crippen LogP contribution in [0.4, 0.5) is 5.95 Å². The third-order valence-corrected chi connectivity index (χ3v) is 4.96. The Morgan fingerprint density at radius 3 is 2.71 bits per heavy atom.